The van der Waals surface area contributed by atoms with Gasteiger partial charge >= 0.3 is 12.0 Å². The van der Waals surface area contributed by atoms with E-state index in [1.54, 1.807) is 6.92 Å². The molecule has 86 valence electrons. The first kappa shape index (κ1) is 13.4. The van der Waals surface area contributed by atoms with Crippen molar-refractivity contribution in [2.24, 2.45) is 5.73 Å². The van der Waals surface area contributed by atoms with Gasteiger partial charge in [0.15, 0.2) is 0 Å². The van der Waals surface area contributed by atoms with Crippen molar-refractivity contribution in [3.63, 3.8) is 0 Å². The number of rotatable bonds is 5. The number of nitrogens with one attached hydrogen (secondary N) is 1. The topological polar surface area (TPSA) is 113 Å². The van der Waals surface area contributed by atoms with Crippen LogP contribution in [0.4, 0.5) is 4.79 Å². The molecule has 0 rings (SSSR count). The number of primary amides is 1. The quantitative estimate of drug-likeness (QED) is 0.545. The number of likely N-dealkylation sites (N-methyl/N-ethyl adjacent to an activating group) is 1. The summed E-state index contributed by atoms with van der Waals surface area (Å²) >= 11 is 0. The van der Waals surface area contributed by atoms with Gasteiger partial charge in [-0.3, -0.25) is 19.8 Å². The molecule has 0 bridgehead atoms. The van der Waals surface area contributed by atoms with Crippen molar-refractivity contribution in [3.05, 3.63) is 0 Å². The third-order valence-corrected chi connectivity index (χ3v) is 1.92. The fraction of sp³-hybridized carbons (Fsp3) is 0.625. The molecule has 7 heteroatoms. The molecule has 0 aliphatic rings. The number of hydrogen-bond acceptors (Lipinski definition) is 4. The molecule has 0 aliphatic heterocycles. The molecule has 1 unspecified atom stereocenters. The molecule has 15 heavy (non-hydrogen) atoms. The van der Waals surface area contributed by atoms with Crippen LogP contribution in [0.25, 0.3) is 0 Å². The van der Waals surface area contributed by atoms with Crippen LogP contribution in [-0.2, 0) is 9.59 Å². The first-order chi connectivity index (χ1) is 6.88. The van der Waals surface area contributed by atoms with Gasteiger partial charge in [0.25, 0.3) is 0 Å². The van der Waals surface area contributed by atoms with Gasteiger partial charge < -0.3 is 10.8 Å². The fourth-order valence-electron chi connectivity index (χ4n) is 1.09. The van der Waals surface area contributed by atoms with Crippen LogP contribution in [0, 0.1) is 0 Å². The van der Waals surface area contributed by atoms with Gasteiger partial charge in [-0.25, -0.2) is 4.79 Å². The summed E-state index contributed by atoms with van der Waals surface area (Å²) in [6, 6.07) is -1.66. The summed E-state index contributed by atoms with van der Waals surface area (Å²) in [4.78, 5) is 33.5. The van der Waals surface area contributed by atoms with Gasteiger partial charge in [-0.05, 0) is 13.5 Å². The van der Waals surface area contributed by atoms with Crippen molar-refractivity contribution in [2.45, 2.75) is 19.9 Å². The summed E-state index contributed by atoms with van der Waals surface area (Å²) < 4.78 is 0. The van der Waals surface area contributed by atoms with Crippen LogP contribution in [0.2, 0.25) is 0 Å². The van der Waals surface area contributed by atoms with Gasteiger partial charge in [0, 0.05) is 0 Å². The average molecular weight is 217 g/mol. The Bertz CT molecular complexity index is 267. The second-order valence-corrected chi connectivity index (χ2v) is 2.99. The maximum atomic E-state index is 11.3. The summed E-state index contributed by atoms with van der Waals surface area (Å²) in [5.41, 5.74) is 4.77. The zero-order chi connectivity index (χ0) is 12.0. The SMILES string of the molecule is CCN(CC(=O)O)C(C)C(=O)NC(N)=O. The number of carbonyl (C=O) groups excluding carboxylic acids is 2. The molecule has 0 spiro atoms. The maximum Gasteiger partial charge on any atom is 0.318 e. The Labute approximate surface area is 87.2 Å². The number of aliphatic carboxylic acids is 1. The molecule has 0 aliphatic carbocycles. The van der Waals surface area contributed by atoms with Gasteiger partial charge in [0.1, 0.15) is 0 Å². The van der Waals surface area contributed by atoms with E-state index in [9.17, 15) is 14.4 Å². The van der Waals surface area contributed by atoms with Crippen LogP contribution in [0.15, 0.2) is 0 Å². The number of hydrogen-bond donors (Lipinski definition) is 3. The third kappa shape index (κ3) is 4.96. The lowest BCUT2D eigenvalue weighted by atomic mass is 10.2. The standard InChI is InChI=1S/C8H15N3O4/c1-3-11(4-6(12)13)5(2)7(14)10-8(9)15/h5H,3-4H2,1-2H3,(H,12,13)(H3,9,10,14,15). The number of imide groups is 1. The summed E-state index contributed by atoms with van der Waals surface area (Å²) in [7, 11) is 0. The predicted octanol–water partition coefficient (Wildman–Crippen LogP) is -1.02. The van der Waals surface area contributed by atoms with Gasteiger partial charge in [-0.2, -0.15) is 0 Å². The maximum absolute atomic E-state index is 11.3. The molecule has 0 radical (unpaired) electrons. The van der Waals surface area contributed by atoms with E-state index >= 15 is 0 Å². The average Bonchev–Trinajstić information content (AvgIpc) is 2.11. The summed E-state index contributed by atoms with van der Waals surface area (Å²) in [6.07, 6.45) is 0. The normalized spacial score (nSPS) is 12.2. The Hall–Kier alpha value is -1.63. The van der Waals surface area contributed by atoms with E-state index in [1.807, 2.05) is 5.32 Å². The van der Waals surface area contributed by atoms with E-state index in [0.29, 0.717) is 6.54 Å². The number of nitrogens with two attached hydrogens (primary N) is 1. The van der Waals surface area contributed by atoms with Crippen LogP contribution in [0.3, 0.4) is 0 Å². The number of nitrogens with zero attached hydrogens (tertiary/aromatic N) is 1. The molecular formula is C8H15N3O4. The van der Waals surface area contributed by atoms with Crippen molar-refractivity contribution in [1.82, 2.24) is 10.2 Å². The van der Waals surface area contributed by atoms with Crippen molar-refractivity contribution < 1.29 is 19.5 Å². The third-order valence-electron chi connectivity index (χ3n) is 1.92. The van der Waals surface area contributed by atoms with Crippen molar-refractivity contribution in [1.29, 1.82) is 0 Å². The van der Waals surface area contributed by atoms with Gasteiger partial charge in [-0.15, -0.1) is 0 Å². The Balaban J connectivity index is 4.36. The minimum atomic E-state index is -1.03. The van der Waals surface area contributed by atoms with Crippen LogP contribution in [-0.4, -0.2) is 47.0 Å². The number of amides is 3. The van der Waals surface area contributed by atoms with E-state index in [2.05, 4.69) is 0 Å². The first-order valence-electron chi connectivity index (χ1n) is 4.44. The largest absolute Gasteiger partial charge is 0.480 e. The summed E-state index contributed by atoms with van der Waals surface area (Å²) in [5, 5.41) is 10.5. The molecule has 0 saturated heterocycles. The Morgan fingerprint density at radius 2 is 2.00 bits per heavy atom. The molecule has 0 fully saturated rings. The van der Waals surface area contributed by atoms with E-state index in [4.69, 9.17) is 10.8 Å². The minimum Gasteiger partial charge on any atom is -0.480 e. The molecule has 1 atom stereocenters. The smallest absolute Gasteiger partial charge is 0.318 e. The van der Waals surface area contributed by atoms with Crippen molar-refractivity contribution in [3.8, 4) is 0 Å². The van der Waals surface area contributed by atoms with Crippen LogP contribution in [0.5, 0.6) is 0 Å². The second-order valence-electron chi connectivity index (χ2n) is 2.99. The van der Waals surface area contributed by atoms with Gasteiger partial charge in [-0.1, -0.05) is 6.92 Å². The number of carbonyl (C=O) groups is 3. The van der Waals surface area contributed by atoms with E-state index in [0.717, 1.165) is 0 Å². The van der Waals surface area contributed by atoms with Crippen molar-refractivity contribution in [2.75, 3.05) is 13.1 Å². The predicted molar refractivity (Wildman–Crippen MR) is 52.1 cm³/mol. The Morgan fingerprint density at radius 1 is 1.47 bits per heavy atom. The van der Waals surface area contributed by atoms with E-state index < -0.39 is 23.9 Å². The summed E-state index contributed by atoms with van der Waals surface area (Å²) in [6.45, 7) is 3.35. The van der Waals surface area contributed by atoms with E-state index in [-0.39, 0.29) is 6.54 Å². The highest BCUT2D eigenvalue weighted by atomic mass is 16.4. The molecule has 4 N–H and O–H groups in total. The molecular weight excluding hydrogens is 202 g/mol. The monoisotopic (exact) mass is 217 g/mol. The molecule has 0 heterocycles. The highest BCUT2D eigenvalue weighted by Gasteiger charge is 2.22. The van der Waals surface area contributed by atoms with Crippen LogP contribution in [0.1, 0.15) is 13.8 Å². The Morgan fingerprint density at radius 3 is 2.33 bits per heavy atom. The molecule has 3 amide bonds. The molecule has 7 nitrogen and oxygen atoms in total. The molecule has 0 aromatic carbocycles. The van der Waals surface area contributed by atoms with E-state index in [1.165, 1.54) is 11.8 Å². The number of urea groups is 1. The zero-order valence-electron chi connectivity index (χ0n) is 8.69. The summed E-state index contributed by atoms with van der Waals surface area (Å²) in [5.74, 6) is -1.64. The molecule has 0 aromatic rings. The zero-order valence-corrected chi connectivity index (χ0v) is 8.69. The van der Waals surface area contributed by atoms with Crippen LogP contribution >= 0.6 is 0 Å². The van der Waals surface area contributed by atoms with Gasteiger partial charge in [0.05, 0.1) is 12.6 Å². The molecule has 0 aromatic heterocycles. The lowest BCUT2D eigenvalue weighted by Crippen LogP contribution is -2.49. The second kappa shape index (κ2) is 5.97. The lowest BCUT2D eigenvalue weighted by molar-refractivity contribution is -0.139. The van der Waals surface area contributed by atoms with Crippen LogP contribution < -0.4 is 11.1 Å². The highest BCUT2D eigenvalue weighted by Crippen LogP contribution is 1.98. The van der Waals surface area contributed by atoms with Gasteiger partial charge in [0.2, 0.25) is 5.91 Å². The minimum absolute atomic E-state index is 0.260. The highest BCUT2D eigenvalue weighted by molar-refractivity contribution is 5.96. The molecule has 0 saturated carbocycles. The Kier molecular flexibility index (Phi) is 5.32. The van der Waals surface area contributed by atoms with Crippen molar-refractivity contribution >= 4 is 17.9 Å². The number of carboxylic acids is 1. The fourth-order valence-corrected chi connectivity index (χ4v) is 1.09. The lowest BCUT2D eigenvalue weighted by Gasteiger charge is -2.24. The first-order valence-corrected chi connectivity index (χ1v) is 4.44. The number of carboxylic acid groups (broad SMARTS) is 1.